The molecule has 0 aromatic heterocycles. The minimum Gasteiger partial charge on any atom is -0.377 e. The maximum Gasteiger partial charge on any atom is 0.101 e. The molecular formula is C29H36ClN3. The Hall–Kier alpha value is -2.83. The largest absolute Gasteiger partial charge is 0.377 e. The average molecular weight is 462 g/mol. The summed E-state index contributed by atoms with van der Waals surface area (Å²) in [4.78, 5) is 6.71. The normalized spacial score (nSPS) is 16.6. The molecule has 0 atom stereocenters. The Kier molecular flexibility index (Phi) is 11.5. The number of allylic oxidation sites excluding steroid dienone is 8. The predicted octanol–water partition coefficient (Wildman–Crippen LogP) is 7.41. The molecule has 1 aliphatic rings. The number of halogens is 1. The summed E-state index contributed by atoms with van der Waals surface area (Å²) in [5, 5.41) is 10.5. The summed E-state index contributed by atoms with van der Waals surface area (Å²) in [5.41, 5.74) is 5.21. The summed E-state index contributed by atoms with van der Waals surface area (Å²) in [6, 6.07) is 8.56. The molecule has 1 heterocycles. The van der Waals surface area contributed by atoms with E-state index in [1.807, 2.05) is 24.3 Å². The lowest BCUT2D eigenvalue weighted by Crippen LogP contribution is -2.30. The van der Waals surface area contributed by atoms with E-state index in [9.17, 15) is 5.26 Å². The first-order valence-electron chi connectivity index (χ1n) is 11.8. The van der Waals surface area contributed by atoms with E-state index in [-0.39, 0.29) is 0 Å². The van der Waals surface area contributed by atoms with Gasteiger partial charge in [0, 0.05) is 37.1 Å². The van der Waals surface area contributed by atoms with Gasteiger partial charge < -0.3 is 4.90 Å². The molecule has 1 aromatic carbocycles. The number of aryl methyl sites for hydroxylation is 1. The van der Waals surface area contributed by atoms with E-state index in [2.05, 4.69) is 67.7 Å². The van der Waals surface area contributed by atoms with Crippen molar-refractivity contribution in [2.45, 2.75) is 46.5 Å². The van der Waals surface area contributed by atoms with E-state index >= 15 is 0 Å². The van der Waals surface area contributed by atoms with Crippen molar-refractivity contribution in [1.29, 1.82) is 5.26 Å². The van der Waals surface area contributed by atoms with E-state index in [1.54, 1.807) is 12.3 Å². The van der Waals surface area contributed by atoms with Gasteiger partial charge >= 0.3 is 0 Å². The fraction of sp³-hybridized carbons (Fsp3) is 0.379. The van der Waals surface area contributed by atoms with Gasteiger partial charge in [-0.3, -0.25) is 4.99 Å². The first-order valence-corrected chi connectivity index (χ1v) is 12.1. The topological polar surface area (TPSA) is 39.4 Å². The number of benzene rings is 1. The molecule has 4 heteroatoms. The molecule has 1 fully saturated rings. The standard InChI is InChI=1S/C29H36ClN3/c1-5-7-8-9-24(4)28(19-26(20-31)21-32-14-6-2)22-33-15-12-25(13-16-33)18-27-17-23(3)10-11-29(27)30/h5,7-11,17,19,21-22,25H,1,6,12-16,18H2,2-4H3/b8-7-,24-9+,26-19-,28-22-,32-21?. The molecule has 0 radical (unpaired) electrons. The third kappa shape index (κ3) is 9.28. The molecule has 0 amide bonds. The van der Waals surface area contributed by atoms with Crippen molar-refractivity contribution in [3.63, 3.8) is 0 Å². The van der Waals surface area contributed by atoms with Crippen LogP contribution in [0.15, 0.2) is 83.1 Å². The fourth-order valence-corrected chi connectivity index (χ4v) is 4.03. The van der Waals surface area contributed by atoms with Crippen LogP contribution >= 0.6 is 11.6 Å². The lowest BCUT2D eigenvalue weighted by atomic mass is 9.89. The van der Waals surface area contributed by atoms with Crippen molar-refractivity contribution in [3.8, 4) is 6.07 Å². The minimum absolute atomic E-state index is 0.569. The van der Waals surface area contributed by atoms with Gasteiger partial charge in [-0.2, -0.15) is 5.26 Å². The van der Waals surface area contributed by atoms with Gasteiger partial charge in [-0.25, -0.2) is 0 Å². The summed E-state index contributed by atoms with van der Waals surface area (Å²) in [6.07, 6.45) is 17.7. The van der Waals surface area contributed by atoms with Crippen LogP contribution in [0, 0.1) is 24.2 Å². The molecular weight excluding hydrogens is 426 g/mol. The molecule has 2 rings (SSSR count). The van der Waals surface area contributed by atoms with Gasteiger partial charge in [0.1, 0.15) is 6.07 Å². The van der Waals surface area contributed by atoms with E-state index in [1.165, 1.54) is 11.1 Å². The van der Waals surface area contributed by atoms with Crippen molar-refractivity contribution in [1.82, 2.24) is 4.90 Å². The third-order valence-electron chi connectivity index (χ3n) is 5.75. The number of hydrogen-bond donors (Lipinski definition) is 0. The highest BCUT2D eigenvalue weighted by Crippen LogP contribution is 2.27. The highest BCUT2D eigenvalue weighted by Gasteiger charge is 2.19. The van der Waals surface area contributed by atoms with Gasteiger partial charge in [-0.1, -0.05) is 67.1 Å². The van der Waals surface area contributed by atoms with Crippen molar-refractivity contribution >= 4 is 17.8 Å². The minimum atomic E-state index is 0.569. The number of hydrogen-bond acceptors (Lipinski definition) is 3. The van der Waals surface area contributed by atoms with Crippen LogP contribution in [0.25, 0.3) is 0 Å². The van der Waals surface area contributed by atoms with Crippen LogP contribution in [0.4, 0.5) is 0 Å². The van der Waals surface area contributed by atoms with Crippen LogP contribution in [0.1, 0.15) is 44.2 Å². The molecule has 1 aromatic rings. The predicted molar refractivity (Wildman–Crippen MR) is 143 cm³/mol. The number of aliphatic imine (C=N–C) groups is 1. The molecule has 174 valence electrons. The summed E-state index contributed by atoms with van der Waals surface area (Å²) in [7, 11) is 0. The molecule has 0 N–H and O–H groups in total. The Morgan fingerprint density at radius 3 is 2.73 bits per heavy atom. The van der Waals surface area contributed by atoms with Crippen LogP contribution < -0.4 is 0 Å². The lowest BCUT2D eigenvalue weighted by molar-refractivity contribution is 0.241. The van der Waals surface area contributed by atoms with Crippen LogP contribution in [0.3, 0.4) is 0 Å². The van der Waals surface area contributed by atoms with Crippen LogP contribution in [-0.2, 0) is 6.42 Å². The Morgan fingerprint density at radius 2 is 2.06 bits per heavy atom. The van der Waals surface area contributed by atoms with Crippen molar-refractivity contribution in [2.24, 2.45) is 10.9 Å². The number of rotatable bonds is 10. The van der Waals surface area contributed by atoms with Gasteiger partial charge in [0.05, 0.1) is 5.57 Å². The highest BCUT2D eigenvalue weighted by atomic mass is 35.5. The van der Waals surface area contributed by atoms with Gasteiger partial charge in [0.25, 0.3) is 0 Å². The van der Waals surface area contributed by atoms with Gasteiger partial charge in [-0.05, 0) is 74.3 Å². The monoisotopic (exact) mass is 461 g/mol. The summed E-state index contributed by atoms with van der Waals surface area (Å²) in [6.45, 7) is 12.7. The first kappa shape index (κ1) is 26.4. The molecule has 0 saturated carbocycles. The molecule has 33 heavy (non-hydrogen) atoms. The van der Waals surface area contributed by atoms with E-state index in [0.29, 0.717) is 11.5 Å². The molecule has 0 unspecified atom stereocenters. The lowest BCUT2D eigenvalue weighted by Gasteiger charge is -2.32. The number of likely N-dealkylation sites (tertiary alicyclic amines) is 1. The number of piperidine rings is 1. The van der Waals surface area contributed by atoms with Crippen molar-refractivity contribution < 1.29 is 0 Å². The second-order valence-electron chi connectivity index (χ2n) is 8.58. The Balaban J connectivity index is 2.16. The zero-order valence-electron chi connectivity index (χ0n) is 20.2. The molecule has 3 nitrogen and oxygen atoms in total. The Morgan fingerprint density at radius 1 is 1.30 bits per heavy atom. The molecule has 1 aliphatic heterocycles. The third-order valence-corrected chi connectivity index (χ3v) is 6.12. The number of nitriles is 1. The first-order chi connectivity index (χ1) is 16.0. The van der Waals surface area contributed by atoms with Gasteiger partial charge in [0.15, 0.2) is 0 Å². The maximum absolute atomic E-state index is 9.58. The summed E-state index contributed by atoms with van der Waals surface area (Å²) in [5.74, 6) is 0.635. The fourth-order valence-electron chi connectivity index (χ4n) is 3.84. The van der Waals surface area contributed by atoms with E-state index in [4.69, 9.17) is 11.6 Å². The van der Waals surface area contributed by atoms with E-state index < -0.39 is 0 Å². The molecule has 1 saturated heterocycles. The Bertz CT molecular complexity index is 981. The second kappa shape index (κ2) is 14.3. The average Bonchev–Trinajstić information content (AvgIpc) is 2.81. The van der Waals surface area contributed by atoms with Crippen molar-refractivity contribution in [2.75, 3.05) is 19.6 Å². The quantitative estimate of drug-likeness (QED) is 0.207. The SMILES string of the molecule is C=C\C=C/C=C(C)/C(=C\N1CCC(Cc2cc(C)ccc2Cl)CC1)/C=C(/C#N)C=NCCC. The van der Waals surface area contributed by atoms with E-state index in [0.717, 1.165) is 61.5 Å². The zero-order chi connectivity index (χ0) is 24.1. The van der Waals surface area contributed by atoms with Crippen LogP contribution in [0.2, 0.25) is 5.02 Å². The van der Waals surface area contributed by atoms with Gasteiger partial charge in [0.2, 0.25) is 0 Å². The molecule has 0 aliphatic carbocycles. The maximum atomic E-state index is 9.58. The Labute approximate surface area is 205 Å². The summed E-state index contributed by atoms with van der Waals surface area (Å²) < 4.78 is 0. The zero-order valence-corrected chi connectivity index (χ0v) is 21.0. The molecule has 0 bridgehead atoms. The van der Waals surface area contributed by atoms with Crippen molar-refractivity contribution in [3.05, 3.63) is 94.2 Å². The van der Waals surface area contributed by atoms with Crippen LogP contribution in [-0.4, -0.2) is 30.7 Å². The highest BCUT2D eigenvalue weighted by molar-refractivity contribution is 6.31. The smallest absolute Gasteiger partial charge is 0.101 e. The second-order valence-corrected chi connectivity index (χ2v) is 8.99. The van der Waals surface area contributed by atoms with Gasteiger partial charge in [-0.15, -0.1) is 0 Å². The molecule has 0 spiro atoms. The number of nitrogens with zero attached hydrogens (tertiary/aromatic N) is 3. The van der Waals surface area contributed by atoms with Crippen LogP contribution in [0.5, 0.6) is 0 Å². The summed E-state index contributed by atoms with van der Waals surface area (Å²) >= 11 is 6.43.